The van der Waals surface area contributed by atoms with E-state index in [4.69, 9.17) is 0 Å². The number of hydrogen-bond donors (Lipinski definition) is 1. The second kappa shape index (κ2) is 6.16. The fourth-order valence-corrected chi connectivity index (χ4v) is 2.86. The predicted octanol–water partition coefficient (Wildman–Crippen LogP) is 5.20. The third-order valence-corrected chi connectivity index (χ3v) is 4.18. The molecule has 0 fully saturated rings. The van der Waals surface area contributed by atoms with Gasteiger partial charge in [0.25, 0.3) is 0 Å². The molecule has 2 heteroatoms. The number of thioether (sulfide) groups is 1. The van der Waals surface area contributed by atoms with Crippen LogP contribution in [0.15, 0.2) is 47.4 Å². The monoisotopic (exact) mass is 271 g/mol. The van der Waals surface area contributed by atoms with Gasteiger partial charge in [0.1, 0.15) is 0 Å². The number of rotatable bonds is 4. The van der Waals surface area contributed by atoms with Gasteiger partial charge in [0.2, 0.25) is 0 Å². The zero-order chi connectivity index (χ0) is 13.8. The highest BCUT2D eigenvalue weighted by Crippen LogP contribution is 2.29. The fourth-order valence-electron chi connectivity index (χ4n) is 2.30. The molecule has 0 aliphatic carbocycles. The number of nitrogens with one attached hydrogen (secondary N) is 1. The molecule has 0 radical (unpaired) electrons. The number of para-hydroxylation sites is 1. The van der Waals surface area contributed by atoms with Crippen LogP contribution >= 0.6 is 11.8 Å². The lowest BCUT2D eigenvalue weighted by Gasteiger charge is -2.20. The average molecular weight is 271 g/mol. The summed E-state index contributed by atoms with van der Waals surface area (Å²) in [6.07, 6.45) is 2.11. The van der Waals surface area contributed by atoms with E-state index in [1.807, 2.05) is 0 Å². The molecule has 2 aromatic rings. The molecule has 1 unspecified atom stereocenters. The summed E-state index contributed by atoms with van der Waals surface area (Å²) < 4.78 is 0. The molecule has 2 aromatic carbocycles. The van der Waals surface area contributed by atoms with Crippen molar-refractivity contribution in [3.8, 4) is 0 Å². The zero-order valence-corrected chi connectivity index (χ0v) is 12.8. The van der Waals surface area contributed by atoms with Gasteiger partial charge in [-0.3, -0.25) is 0 Å². The topological polar surface area (TPSA) is 12.0 Å². The molecule has 0 heterocycles. The van der Waals surface area contributed by atoms with E-state index in [-0.39, 0.29) is 0 Å². The molecule has 0 saturated heterocycles. The summed E-state index contributed by atoms with van der Waals surface area (Å²) in [5.74, 6) is 0. The Hall–Kier alpha value is -1.41. The third kappa shape index (κ3) is 3.32. The van der Waals surface area contributed by atoms with Crippen LogP contribution in [0.4, 0.5) is 5.69 Å². The van der Waals surface area contributed by atoms with Gasteiger partial charge in [0, 0.05) is 16.6 Å². The van der Waals surface area contributed by atoms with Gasteiger partial charge in [-0.15, -0.1) is 11.8 Å². The molecule has 0 aliphatic heterocycles. The Bertz CT molecular complexity index is 563. The predicted molar refractivity (Wildman–Crippen MR) is 86.2 cm³/mol. The van der Waals surface area contributed by atoms with Crippen LogP contribution in [-0.4, -0.2) is 6.26 Å². The minimum atomic E-state index is 0.313. The first-order valence-electron chi connectivity index (χ1n) is 6.58. The summed E-state index contributed by atoms with van der Waals surface area (Å²) in [5.41, 5.74) is 5.24. The Morgan fingerprint density at radius 2 is 1.79 bits per heavy atom. The van der Waals surface area contributed by atoms with Gasteiger partial charge in [-0.1, -0.05) is 35.9 Å². The highest BCUT2D eigenvalue weighted by atomic mass is 32.2. The maximum absolute atomic E-state index is 3.62. The van der Waals surface area contributed by atoms with Gasteiger partial charge in [-0.25, -0.2) is 0 Å². The van der Waals surface area contributed by atoms with Crippen molar-refractivity contribution in [2.75, 3.05) is 11.6 Å². The van der Waals surface area contributed by atoms with E-state index in [1.165, 1.54) is 27.3 Å². The van der Waals surface area contributed by atoms with E-state index in [9.17, 15) is 0 Å². The smallest absolute Gasteiger partial charge is 0.0488 e. The van der Waals surface area contributed by atoms with Crippen molar-refractivity contribution >= 4 is 17.4 Å². The van der Waals surface area contributed by atoms with Crippen molar-refractivity contribution < 1.29 is 0 Å². The van der Waals surface area contributed by atoms with Crippen LogP contribution in [-0.2, 0) is 0 Å². The van der Waals surface area contributed by atoms with Crippen molar-refractivity contribution in [2.24, 2.45) is 0 Å². The minimum Gasteiger partial charge on any atom is -0.378 e. The normalized spacial score (nSPS) is 12.2. The minimum absolute atomic E-state index is 0.313. The van der Waals surface area contributed by atoms with Gasteiger partial charge in [-0.2, -0.15) is 0 Å². The molecule has 0 bridgehead atoms. The lowest BCUT2D eigenvalue weighted by molar-refractivity contribution is 0.867. The quantitative estimate of drug-likeness (QED) is 0.767. The van der Waals surface area contributed by atoms with Crippen LogP contribution in [0.1, 0.15) is 29.7 Å². The Morgan fingerprint density at radius 3 is 2.53 bits per heavy atom. The highest BCUT2D eigenvalue weighted by molar-refractivity contribution is 7.98. The van der Waals surface area contributed by atoms with Crippen molar-refractivity contribution in [1.82, 2.24) is 0 Å². The van der Waals surface area contributed by atoms with Crippen LogP contribution in [0.25, 0.3) is 0 Å². The zero-order valence-electron chi connectivity index (χ0n) is 12.0. The van der Waals surface area contributed by atoms with E-state index >= 15 is 0 Å². The Morgan fingerprint density at radius 1 is 1.05 bits per heavy atom. The molecule has 0 aliphatic rings. The standard InChI is InChI=1S/C17H21NS/c1-12-9-10-13(2)15(11-12)14(3)18-16-7-5-6-8-17(16)19-4/h5-11,14,18H,1-4H3. The summed E-state index contributed by atoms with van der Waals surface area (Å²) >= 11 is 1.78. The van der Waals surface area contributed by atoms with Crippen molar-refractivity contribution in [1.29, 1.82) is 0 Å². The third-order valence-electron chi connectivity index (χ3n) is 3.38. The summed E-state index contributed by atoms with van der Waals surface area (Å²) in [5, 5.41) is 3.62. The molecular weight excluding hydrogens is 250 g/mol. The van der Waals surface area contributed by atoms with Crippen molar-refractivity contribution in [2.45, 2.75) is 31.7 Å². The molecule has 0 amide bonds. The second-order valence-corrected chi connectivity index (χ2v) is 5.77. The molecule has 19 heavy (non-hydrogen) atoms. The first-order chi connectivity index (χ1) is 9.11. The number of aryl methyl sites for hydroxylation is 2. The average Bonchev–Trinajstić information content (AvgIpc) is 2.42. The molecule has 1 nitrogen and oxygen atoms in total. The molecule has 2 rings (SSSR count). The fraction of sp³-hybridized carbons (Fsp3) is 0.294. The lowest BCUT2D eigenvalue weighted by atomic mass is 10.00. The van der Waals surface area contributed by atoms with Gasteiger partial charge in [0.15, 0.2) is 0 Å². The Labute approximate surface area is 120 Å². The van der Waals surface area contributed by atoms with Gasteiger partial charge >= 0.3 is 0 Å². The summed E-state index contributed by atoms with van der Waals surface area (Å²) in [7, 11) is 0. The van der Waals surface area contributed by atoms with Gasteiger partial charge < -0.3 is 5.32 Å². The number of benzene rings is 2. The molecular formula is C17H21NS. The molecule has 0 spiro atoms. The van der Waals surface area contributed by atoms with Crippen LogP contribution in [0.2, 0.25) is 0 Å². The SMILES string of the molecule is CSc1ccccc1NC(C)c1cc(C)ccc1C. The summed E-state index contributed by atoms with van der Waals surface area (Å²) in [6, 6.07) is 15.4. The van der Waals surface area contributed by atoms with Crippen molar-refractivity contribution in [3.05, 3.63) is 59.2 Å². The second-order valence-electron chi connectivity index (χ2n) is 4.93. The first kappa shape index (κ1) is 14.0. The Kier molecular flexibility index (Phi) is 4.54. The van der Waals surface area contributed by atoms with Gasteiger partial charge in [-0.05, 0) is 50.3 Å². The van der Waals surface area contributed by atoms with E-state index in [2.05, 4.69) is 74.8 Å². The molecule has 1 atom stereocenters. The molecule has 0 saturated carbocycles. The van der Waals surface area contributed by atoms with Crippen LogP contribution in [0, 0.1) is 13.8 Å². The van der Waals surface area contributed by atoms with Gasteiger partial charge in [0.05, 0.1) is 0 Å². The molecule has 1 N–H and O–H groups in total. The van der Waals surface area contributed by atoms with Crippen LogP contribution in [0.5, 0.6) is 0 Å². The number of anilines is 1. The molecule has 100 valence electrons. The summed E-state index contributed by atoms with van der Waals surface area (Å²) in [6.45, 7) is 6.54. The highest BCUT2D eigenvalue weighted by Gasteiger charge is 2.10. The first-order valence-corrected chi connectivity index (χ1v) is 7.81. The van der Waals surface area contributed by atoms with E-state index in [0.29, 0.717) is 6.04 Å². The maximum Gasteiger partial charge on any atom is 0.0488 e. The van der Waals surface area contributed by atoms with E-state index in [0.717, 1.165) is 0 Å². The lowest BCUT2D eigenvalue weighted by Crippen LogP contribution is -2.09. The largest absolute Gasteiger partial charge is 0.378 e. The maximum atomic E-state index is 3.62. The van der Waals surface area contributed by atoms with Crippen LogP contribution in [0.3, 0.4) is 0 Å². The van der Waals surface area contributed by atoms with Crippen LogP contribution < -0.4 is 5.32 Å². The number of hydrogen-bond acceptors (Lipinski definition) is 2. The van der Waals surface area contributed by atoms with Crippen molar-refractivity contribution in [3.63, 3.8) is 0 Å². The van der Waals surface area contributed by atoms with E-state index in [1.54, 1.807) is 11.8 Å². The molecule has 0 aromatic heterocycles. The van der Waals surface area contributed by atoms with E-state index < -0.39 is 0 Å². The Balaban J connectivity index is 2.25. The summed E-state index contributed by atoms with van der Waals surface area (Å²) in [4.78, 5) is 1.29.